The number of hydrogen-bond donors (Lipinski definition) is 0. The quantitative estimate of drug-likeness (QED) is 0.145. The van der Waals surface area contributed by atoms with E-state index in [0.717, 1.165) is 22.7 Å². The van der Waals surface area contributed by atoms with Crippen LogP contribution in [0.25, 0.3) is 187 Å². The number of aromatic nitrogens is 6. The highest BCUT2D eigenvalue weighted by molar-refractivity contribution is 6.21. The van der Waals surface area contributed by atoms with E-state index in [0.29, 0.717) is 0 Å². The Labute approximate surface area is 587 Å². The molecule has 0 N–H and O–H groups in total. The van der Waals surface area contributed by atoms with Gasteiger partial charge in [0.15, 0.2) is 0 Å². The molecule has 22 rings (SSSR count). The summed E-state index contributed by atoms with van der Waals surface area (Å²) in [6.07, 6.45) is 0. The minimum absolute atomic E-state index is 1.15. The molecule has 476 valence electrons. The van der Waals surface area contributed by atoms with Crippen LogP contribution in [0, 0.1) is 0 Å². The Hall–Kier alpha value is -13.7. The highest BCUT2D eigenvalue weighted by atomic mass is 15.0. The molecule has 0 aliphatic carbocycles. The molecule has 22 aromatic rings. The first-order chi connectivity index (χ1) is 50.6. The van der Waals surface area contributed by atoms with Gasteiger partial charge in [0.2, 0.25) is 0 Å². The first kappa shape index (κ1) is 57.4. The van der Waals surface area contributed by atoms with Crippen molar-refractivity contribution in [3.63, 3.8) is 0 Å². The van der Waals surface area contributed by atoms with Crippen molar-refractivity contribution >= 4 is 131 Å². The van der Waals surface area contributed by atoms with Crippen LogP contribution in [0.3, 0.4) is 0 Å². The van der Waals surface area contributed by atoms with Crippen LogP contribution in [0.2, 0.25) is 0 Å². The fraction of sp³-hybridized carbons (Fsp3) is 0. The smallest absolute Gasteiger partial charge is 0.0548 e. The topological polar surface area (TPSA) is 29.6 Å². The Bertz CT molecular complexity index is 7010. The van der Waals surface area contributed by atoms with Gasteiger partial charge in [0.25, 0.3) is 0 Å². The third kappa shape index (κ3) is 8.86. The maximum Gasteiger partial charge on any atom is 0.0548 e. The third-order valence-electron chi connectivity index (χ3n) is 21.2. The molecule has 0 radical (unpaired) electrons. The van der Waals surface area contributed by atoms with Gasteiger partial charge in [-0.05, 0) is 168 Å². The SMILES string of the molecule is c1ccc(-n2c3ccccc3c3cc4c(cc32)c2ccccc2n4-c2ccc(-c3cccc(-n4c5ccccc5c5ccccc54)c3)cc2)cc1.c1ccc(-n2c3ccccc3c3cc4c(cc32)c2ccccc2n4-c2cccc(-c3cccc(-n4c5ccccc5c5ccccc54)c3)c2)cc1. The van der Waals surface area contributed by atoms with E-state index in [1.54, 1.807) is 0 Å². The van der Waals surface area contributed by atoms with Crippen molar-refractivity contribution in [1.29, 1.82) is 0 Å². The van der Waals surface area contributed by atoms with Gasteiger partial charge < -0.3 is 27.4 Å². The predicted octanol–water partition coefficient (Wildman–Crippen LogP) is 25.3. The fourth-order valence-electron chi connectivity index (χ4n) is 16.8. The Kier molecular flexibility index (Phi) is 12.9. The summed E-state index contributed by atoms with van der Waals surface area (Å²) in [5.41, 5.74) is 26.3. The standard InChI is InChI=1S/2C48H31N3/c1-2-16-34(17-3-1)49-45-26-10-6-22-39(45)41-31-48-42(30-47(41)49)40-23-7-11-27-46(40)51(48)36-19-13-15-33(29-36)32-14-12-18-35(28-32)50-43-24-8-4-20-37(43)38-21-5-9-25-44(38)50;1-2-14-34(15-3-1)49-45-23-10-6-19-39(45)41-31-48-42(30-47(41)49)40-20-7-11-24-46(40)50(48)35-27-25-32(26-28-35)33-13-12-16-36(29-33)51-43-21-8-4-17-37(43)38-18-5-9-22-44(38)51/h2*1-31H. The van der Waals surface area contributed by atoms with Crippen LogP contribution in [0.5, 0.6) is 0 Å². The van der Waals surface area contributed by atoms with Gasteiger partial charge in [-0.25, -0.2) is 0 Å². The number of nitrogens with zero attached hydrogens (tertiary/aromatic N) is 6. The molecule has 6 heterocycles. The van der Waals surface area contributed by atoms with Gasteiger partial charge in [-0.1, -0.05) is 231 Å². The zero-order valence-corrected chi connectivity index (χ0v) is 55.5. The van der Waals surface area contributed by atoms with Crippen LogP contribution >= 0.6 is 0 Å². The van der Waals surface area contributed by atoms with Crippen molar-refractivity contribution in [2.45, 2.75) is 0 Å². The molecule has 102 heavy (non-hydrogen) atoms. The Morgan fingerprint density at radius 1 is 0.108 bits per heavy atom. The number of benzene rings is 16. The molecule has 6 nitrogen and oxygen atoms in total. The molecule has 0 aliphatic heterocycles. The second-order valence-electron chi connectivity index (χ2n) is 26.8. The van der Waals surface area contributed by atoms with Gasteiger partial charge in [-0.15, -0.1) is 0 Å². The summed E-state index contributed by atoms with van der Waals surface area (Å²) in [5, 5.41) is 15.1. The summed E-state index contributed by atoms with van der Waals surface area (Å²) < 4.78 is 14.5. The van der Waals surface area contributed by atoms with Crippen LogP contribution in [0.1, 0.15) is 0 Å². The van der Waals surface area contributed by atoms with Crippen LogP contribution in [-0.2, 0) is 0 Å². The second kappa shape index (κ2) is 23.0. The van der Waals surface area contributed by atoms with Crippen molar-refractivity contribution in [2.75, 3.05) is 0 Å². The third-order valence-corrected chi connectivity index (χ3v) is 21.2. The molecular weight excluding hydrogens is 1240 g/mol. The zero-order chi connectivity index (χ0) is 66.9. The minimum Gasteiger partial charge on any atom is -0.309 e. The molecule has 0 saturated heterocycles. The van der Waals surface area contributed by atoms with Gasteiger partial charge in [0.05, 0.1) is 66.2 Å². The molecule has 0 fully saturated rings. The van der Waals surface area contributed by atoms with Crippen molar-refractivity contribution in [3.8, 4) is 56.4 Å². The highest BCUT2D eigenvalue weighted by Crippen LogP contribution is 2.44. The summed E-state index contributed by atoms with van der Waals surface area (Å²) in [6, 6.07) is 137. The Morgan fingerprint density at radius 2 is 0.304 bits per heavy atom. The molecule has 0 spiro atoms. The second-order valence-corrected chi connectivity index (χ2v) is 26.8. The molecule has 0 aliphatic rings. The first-order valence-electron chi connectivity index (χ1n) is 35.1. The maximum absolute atomic E-state index is 2.44. The molecule has 0 saturated carbocycles. The van der Waals surface area contributed by atoms with Crippen LogP contribution in [0.15, 0.2) is 376 Å². The molecule has 0 bridgehead atoms. The molecule has 6 aromatic heterocycles. The summed E-state index contributed by atoms with van der Waals surface area (Å²) in [4.78, 5) is 0. The lowest BCUT2D eigenvalue weighted by atomic mass is 10.0. The van der Waals surface area contributed by atoms with Crippen LogP contribution < -0.4 is 0 Å². The lowest BCUT2D eigenvalue weighted by Crippen LogP contribution is -1.96. The van der Waals surface area contributed by atoms with E-state index in [1.807, 2.05) is 0 Å². The minimum atomic E-state index is 1.15. The number of rotatable bonds is 8. The number of para-hydroxylation sites is 10. The lowest BCUT2D eigenvalue weighted by molar-refractivity contribution is 1.17. The maximum atomic E-state index is 2.44. The molecule has 0 unspecified atom stereocenters. The average molecular weight is 1300 g/mol. The largest absolute Gasteiger partial charge is 0.309 e. The van der Waals surface area contributed by atoms with Crippen molar-refractivity contribution in [3.05, 3.63) is 376 Å². The average Bonchev–Trinajstić information content (AvgIpc) is 1.57. The van der Waals surface area contributed by atoms with Crippen molar-refractivity contribution in [1.82, 2.24) is 27.4 Å². The lowest BCUT2D eigenvalue weighted by Gasteiger charge is -2.13. The van der Waals surface area contributed by atoms with Gasteiger partial charge in [-0.3, -0.25) is 0 Å². The van der Waals surface area contributed by atoms with E-state index < -0.39 is 0 Å². The first-order valence-corrected chi connectivity index (χ1v) is 35.1. The summed E-state index contributed by atoms with van der Waals surface area (Å²) >= 11 is 0. The normalized spacial score (nSPS) is 11.9. The van der Waals surface area contributed by atoms with Gasteiger partial charge in [0.1, 0.15) is 0 Å². The van der Waals surface area contributed by atoms with Gasteiger partial charge >= 0.3 is 0 Å². The summed E-state index contributed by atoms with van der Waals surface area (Å²) in [6.45, 7) is 0. The number of hydrogen-bond acceptors (Lipinski definition) is 0. The number of fused-ring (bicyclic) bond motifs is 18. The van der Waals surface area contributed by atoms with Gasteiger partial charge in [0, 0.05) is 98.8 Å². The van der Waals surface area contributed by atoms with Crippen LogP contribution in [0.4, 0.5) is 0 Å². The predicted molar refractivity (Wildman–Crippen MR) is 430 cm³/mol. The fourth-order valence-corrected chi connectivity index (χ4v) is 16.8. The molecule has 0 amide bonds. The van der Waals surface area contributed by atoms with Gasteiger partial charge in [-0.2, -0.15) is 0 Å². The van der Waals surface area contributed by atoms with E-state index in [4.69, 9.17) is 0 Å². The van der Waals surface area contributed by atoms with E-state index in [2.05, 4.69) is 404 Å². The monoisotopic (exact) mass is 1300 g/mol. The molecule has 0 atom stereocenters. The Balaban J connectivity index is 0.000000133. The summed E-state index contributed by atoms with van der Waals surface area (Å²) in [7, 11) is 0. The zero-order valence-electron chi connectivity index (χ0n) is 55.5. The van der Waals surface area contributed by atoms with Crippen molar-refractivity contribution in [2.24, 2.45) is 0 Å². The van der Waals surface area contributed by atoms with E-state index in [1.165, 1.54) is 164 Å². The molecule has 6 heteroatoms. The van der Waals surface area contributed by atoms with Crippen LogP contribution in [-0.4, -0.2) is 27.4 Å². The van der Waals surface area contributed by atoms with E-state index in [-0.39, 0.29) is 0 Å². The molecule has 16 aromatic carbocycles. The van der Waals surface area contributed by atoms with E-state index in [9.17, 15) is 0 Å². The molecular formula is C96H62N6. The highest BCUT2D eigenvalue weighted by Gasteiger charge is 2.22. The van der Waals surface area contributed by atoms with E-state index >= 15 is 0 Å². The Morgan fingerprint density at radius 3 is 0.578 bits per heavy atom. The van der Waals surface area contributed by atoms with Crippen molar-refractivity contribution < 1.29 is 0 Å². The summed E-state index contributed by atoms with van der Waals surface area (Å²) in [5.74, 6) is 0.